The van der Waals surface area contributed by atoms with Crippen LogP contribution in [0.5, 0.6) is 0 Å². The van der Waals surface area contributed by atoms with E-state index in [1.165, 1.54) is 17.9 Å². The number of hydrogen-bond donors (Lipinski definition) is 1. The third kappa shape index (κ3) is 4.10. The van der Waals surface area contributed by atoms with E-state index in [1.807, 2.05) is 30.3 Å². The van der Waals surface area contributed by atoms with Crippen molar-refractivity contribution in [2.45, 2.75) is 25.3 Å². The molecular formula is C18H20FNO2S. The molecule has 2 aromatic rings. The Morgan fingerprint density at radius 3 is 2.61 bits per heavy atom. The lowest BCUT2D eigenvalue weighted by atomic mass is 10.1. The summed E-state index contributed by atoms with van der Waals surface area (Å²) < 4.78 is 35.8. The summed E-state index contributed by atoms with van der Waals surface area (Å²) in [5, 5.41) is 3.44. The summed E-state index contributed by atoms with van der Waals surface area (Å²) in [7, 11) is -2.94. The van der Waals surface area contributed by atoms with Crippen molar-refractivity contribution in [2.24, 2.45) is 0 Å². The number of halogens is 1. The fraction of sp³-hybridized carbons (Fsp3) is 0.333. The Hall–Kier alpha value is -1.88. The summed E-state index contributed by atoms with van der Waals surface area (Å²) in [4.78, 5) is 0. The molecule has 0 unspecified atom stereocenters. The second-order valence-corrected chi connectivity index (χ2v) is 8.42. The molecule has 1 aliphatic carbocycles. The highest BCUT2D eigenvalue weighted by Gasteiger charge is 2.22. The summed E-state index contributed by atoms with van der Waals surface area (Å²) in [6.07, 6.45) is 3.69. The van der Waals surface area contributed by atoms with Crippen LogP contribution in [0.15, 0.2) is 42.5 Å². The monoisotopic (exact) mass is 333 g/mol. The maximum Gasteiger partial charge on any atom is 0.147 e. The SMILES string of the molecule is CS(=O)(=O)CCc1ccc(N[C@@H]2CCc3ccc(F)cc32)cc1. The molecule has 122 valence electrons. The highest BCUT2D eigenvalue weighted by molar-refractivity contribution is 7.90. The number of rotatable bonds is 5. The number of aryl methyl sites for hydroxylation is 2. The number of sulfone groups is 1. The van der Waals surface area contributed by atoms with Crippen LogP contribution in [0.25, 0.3) is 0 Å². The number of hydrogen-bond acceptors (Lipinski definition) is 3. The molecule has 3 nitrogen and oxygen atoms in total. The van der Waals surface area contributed by atoms with Crippen molar-refractivity contribution in [3.63, 3.8) is 0 Å². The van der Waals surface area contributed by atoms with E-state index in [2.05, 4.69) is 5.32 Å². The fourth-order valence-electron chi connectivity index (χ4n) is 3.00. The van der Waals surface area contributed by atoms with Crippen LogP contribution < -0.4 is 5.32 Å². The zero-order chi connectivity index (χ0) is 16.4. The topological polar surface area (TPSA) is 46.2 Å². The van der Waals surface area contributed by atoms with E-state index in [9.17, 15) is 12.8 Å². The Bertz CT molecular complexity index is 800. The highest BCUT2D eigenvalue weighted by Crippen LogP contribution is 2.34. The molecule has 1 N–H and O–H groups in total. The molecule has 0 heterocycles. The van der Waals surface area contributed by atoms with Crippen LogP contribution >= 0.6 is 0 Å². The average Bonchev–Trinajstić information content (AvgIpc) is 2.88. The summed E-state index contributed by atoms with van der Waals surface area (Å²) >= 11 is 0. The van der Waals surface area contributed by atoms with Gasteiger partial charge in [0, 0.05) is 11.9 Å². The van der Waals surface area contributed by atoms with E-state index in [-0.39, 0.29) is 17.6 Å². The zero-order valence-electron chi connectivity index (χ0n) is 13.0. The lowest BCUT2D eigenvalue weighted by Gasteiger charge is -2.16. The molecular weight excluding hydrogens is 313 g/mol. The predicted molar refractivity (Wildman–Crippen MR) is 90.9 cm³/mol. The van der Waals surface area contributed by atoms with E-state index >= 15 is 0 Å². The molecule has 2 aromatic carbocycles. The number of anilines is 1. The molecule has 23 heavy (non-hydrogen) atoms. The first-order chi connectivity index (χ1) is 10.9. The Balaban J connectivity index is 1.67. The Morgan fingerprint density at radius 2 is 1.91 bits per heavy atom. The largest absolute Gasteiger partial charge is 0.378 e. The van der Waals surface area contributed by atoms with Crippen LogP contribution in [0.4, 0.5) is 10.1 Å². The molecule has 0 spiro atoms. The minimum Gasteiger partial charge on any atom is -0.378 e. The fourth-order valence-corrected chi connectivity index (χ4v) is 3.60. The van der Waals surface area contributed by atoms with E-state index in [0.29, 0.717) is 6.42 Å². The van der Waals surface area contributed by atoms with Gasteiger partial charge in [0.05, 0.1) is 11.8 Å². The summed E-state index contributed by atoms with van der Waals surface area (Å²) in [5.41, 5.74) is 4.20. The van der Waals surface area contributed by atoms with Crippen molar-refractivity contribution >= 4 is 15.5 Å². The summed E-state index contributed by atoms with van der Waals surface area (Å²) in [6.45, 7) is 0. The smallest absolute Gasteiger partial charge is 0.147 e. The average molecular weight is 333 g/mol. The molecule has 1 aliphatic rings. The van der Waals surface area contributed by atoms with Crippen molar-refractivity contribution in [1.82, 2.24) is 0 Å². The standard InChI is InChI=1S/C18H20FNO2S/c1-23(21,22)11-10-13-2-7-16(8-3-13)20-18-9-5-14-4-6-15(19)12-17(14)18/h2-4,6-8,12,18,20H,5,9-11H2,1H3/t18-/m1/s1. The lowest BCUT2D eigenvalue weighted by Crippen LogP contribution is -2.08. The molecule has 1 atom stereocenters. The van der Waals surface area contributed by atoms with E-state index in [1.54, 1.807) is 6.07 Å². The van der Waals surface area contributed by atoms with Crippen LogP contribution in [0, 0.1) is 5.82 Å². The first-order valence-corrected chi connectivity index (χ1v) is 9.78. The van der Waals surface area contributed by atoms with Crippen molar-refractivity contribution in [3.05, 3.63) is 65.0 Å². The third-order valence-corrected chi connectivity index (χ3v) is 5.19. The van der Waals surface area contributed by atoms with Gasteiger partial charge >= 0.3 is 0 Å². The van der Waals surface area contributed by atoms with Crippen LogP contribution in [-0.2, 0) is 22.7 Å². The van der Waals surface area contributed by atoms with Crippen molar-refractivity contribution in [3.8, 4) is 0 Å². The van der Waals surface area contributed by atoms with Gasteiger partial charge in [-0.15, -0.1) is 0 Å². The maximum atomic E-state index is 13.4. The lowest BCUT2D eigenvalue weighted by molar-refractivity contribution is 0.601. The van der Waals surface area contributed by atoms with Crippen molar-refractivity contribution < 1.29 is 12.8 Å². The van der Waals surface area contributed by atoms with Crippen molar-refractivity contribution in [2.75, 3.05) is 17.3 Å². The minimum atomic E-state index is -2.94. The van der Waals surface area contributed by atoms with Gasteiger partial charge in [-0.1, -0.05) is 18.2 Å². The highest BCUT2D eigenvalue weighted by atomic mass is 32.2. The van der Waals surface area contributed by atoms with E-state index in [0.717, 1.165) is 29.7 Å². The first-order valence-electron chi connectivity index (χ1n) is 7.72. The van der Waals surface area contributed by atoms with E-state index < -0.39 is 9.84 Å². The second kappa shape index (κ2) is 6.32. The molecule has 0 aromatic heterocycles. The molecule has 3 rings (SSSR count). The summed E-state index contributed by atoms with van der Waals surface area (Å²) in [6, 6.07) is 12.9. The Kier molecular flexibility index (Phi) is 4.39. The first kappa shape index (κ1) is 16.0. The van der Waals surface area contributed by atoms with Gasteiger partial charge in [0.2, 0.25) is 0 Å². The molecule has 0 aliphatic heterocycles. The van der Waals surface area contributed by atoms with Gasteiger partial charge in [-0.05, 0) is 60.2 Å². The van der Waals surface area contributed by atoms with Crippen molar-refractivity contribution in [1.29, 1.82) is 0 Å². The zero-order valence-corrected chi connectivity index (χ0v) is 13.9. The predicted octanol–water partition coefficient (Wildman–Crippen LogP) is 3.51. The second-order valence-electron chi connectivity index (χ2n) is 6.16. The number of fused-ring (bicyclic) bond motifs is 1. The molecule has 0 saturated heterocycles. The van der Waals surface area contributed by atoms with Crippen LogP contribution in [-0.4, -0.2) is 20.4 Å². The molecule has 0 amide bonds. The van der Waals surface area contributed by atoms with Gasteiger partial charge in [-0.25, -0.2) is 12.8 Å². The summed E-state index contributed by atoms with van der Waals surface area (Å²) in [5.74, 6) is -0.0386. The van der Waals surface area contributed by atoms with Gasteiger partial charge in [0.25, 0.3) is 0 Å². The normalized spacial score (nSPS) is 17.0. The minimum absolute atomic E-state index is 0.127. The van der Waals surface area contributed by atoms with Gasteiger partial charge in [-0.3, -0.25) is 0 Å². The number of nitrogens with one attached hydrogen (secondary N) is 1. The molecule has 0 fully saturated rings. The molecule has 0 saturated carbocycles. The van der Waals surface area contributed by atoms with E-state index in [4.69, 9.17) is 0 Å². The van der Waals surface area contributed by atoms with Crippen LogP contribution in [0.1, 0.15) is 29.2 Å². The number of benzene rings is 2. The molecule has 5 heteroatoms. The van der Waals surface area contributed by atoms with Gasteiger partial charge in [0.1, 0.15) is 15.7 Å². The molecule has 0 bridgehead atoms. The Morgan fingerprint density at radius 1 is 1.17 bits per heavy atom. The van der Waals surface area contributed by atoms with Gasteiger partial charge in [0.15, 0.2) is 0 Å². The van der Waals surface area contributed by atoms with Crippen LogP contribution in [0.3, 0.4) is 0 Å². The molecule has 0 radical (unpaired) electrons. The maximum absolute atomic E-state index is 13.4. The van der Waals surface area contributed by atoms with Gasteiger partial charge < -0.3 is 5.32 Å². The third-order valence-electron chi connectivity index (χ3n) is 4.24. The Labute approximate surface area is 136 Å². The quantitative estimate of drug-likeness (QED) is 0.911. The van der Waals surface area contributed by atoms with Gasteiger partial charge in [-0.2, -0.15) is 0 Å². The van der Waals surface area contributed by atoms with Crippen LogP contribution in [0.2, 0.25) is 0 Å².